The van der Waals surface area contributed by atoms with Crippen LogP contribution in [0.1, 0.15) is 65.0 Å². The van der Waals surface area contributed by atoms with Gasteiger partial charge in [-0.1, -0.05) is 39.8 Å². The van der Waals surface area contributed by atoms with Crippen molar-refractivity contribution in [2.45, 2.75) is 65.5 Å². The van der Waals surface area contributed by atoms with Gasteiger partial charge in [0.15, 0.2) is 0 Å². The smallest absolute Gasteiger partial charge is 0.120 e. The first kappa shape index (κ1) is 16.4. The van der Waals surface area contributed by atoms with Crippen molar-refractivity contribution in [3.63, 3.8) is 0 Å². The molecular weight excluding hydrogens is 258 g/mol. The fraction of sp³-hybridized carbons (Fsp3) is 0.684. The van der Waals surface area contributed by atoms with Crippen LogP contribution in [0.2, 0.25) is 0 Å². The molecule has 0 bridgehead atoms. The summed E-state index contributed by atoms with van der Waals surface area (Å²) in [5.74, 6) is 2.61. The molecule has 2 nitrogen and oxygen atoms in total. The summed E-state index contributed by atoms with van der Waals surface area (Å²) in [4.78, 5) is 0. The third kappa shape index (κ3) is 4.74. The van der Waals surface area contributed by atoms with Gasteiger partial charge < -0.3 is 10.1 Å². The van der Waals surface area contributed by atoms with Crippen LogP contribution >= 0.6 is 0 Å². The maximum Gasteiger partial charge on any atom is 0.120 e. The molecule has 0 aliphatic heterocycles. The first-order chi connectivity index (χ1) is 10.1. The van der Waals surface area contributed by atoms with Gasteiger partial charge in [-0.15, -0.1) is 0 Å². The standard InChI is InChI=1S/C19H31NO/c1-5-19(20-6-2)16-8-7-9-17(13-16)21-18-11-14(3)10-15(4)12-18/h7-9,13-15,18-20H,5-6,10-12H2,1-4H3. The van der Waals surface area contributed by atoms with Crippen LogP contribution in [-0.4, -0.2) is 12.6 Å². The Morgan fingerprint density at radius 2 is 1.86 bits per heavy atom. The van der Waals surface area contributed by atoms with E-state index in [-0.39, 0.29) is 0 Å². The first-order valence-corrected chi connectivity index (χ1v) is 8.62. The second kappa shape index (κ2) is 7.84. The van der Waals surface area contributed by atoms with E-state index in [1.54, 1.807) is 0 Å². The number of nitrogens with one attached hydrogen (secondary N) is 1. The van der Waals surface area contributed by atoms with E-state index in [2.05, 4.69) is 57.3 Å². The van der Waals surface area contributed by atoms with Gasteiger partial charge in [0.25, 0.3) is 0 Å². The molecule has 1 aliphatic carbocycles. The minimum atomic E-state index is 0.387. The van der Waals surface area contributed by atoms with Crippen LogP contribution in [0.5, 0.6) is 5.75 Å². The van der Waals surface area contributed by atoms with Crippen molar-refractivity contribution in [2.75, 3.05) is 6.54 Å². The zero-order valence-corrected chi connectivity index (χ0v) is 14.1. The van der Waals surface area contributed by atoms with Crippen molar-refractivity contribution in [1.82, 2.24) is 5.32 Å². The fourth-order valence-corrected chi connectivity index (χ4v) is 3.71. The van der Waals surface area contributed by atoms with Crippen molar-refractivity contribution in [2.24, 2.45) is 11.8 Å². The van der Waals surface area contributed by atoms with Gasteiger partial charge >= 0.3 is 0 Å². The van der Waals surface area contributed by atoms with Crippen LogP contribution in [0.25, 0.3) is 0 Å². The Labute approximate surface area is 130 Å². The molecule has 1 fully saturated rings. The third-order valence-electron chi connectivity index (χ3n) is 4.56. The molecule has 1 N–H and O–H groups in total. The molecule has 1 aromatic rings. The lowest BCUT2D eigenvalue weighted by Crippen LogP contribution is -2.28. The quantitative estimate of drug-likeness (QED) is 0.800. The molecule has 0 aromatic heterocycles. The lowest BCUT2D eigenvalue weighted by atomic mass is 9.82. The van der Waals surface area contributed by atoms with Crippen molar-refractivity contribution in [3.05, 3.63) is 29.8 Å². The van der Waals surface area contributed by atoms with Crippen LogP contribution in [0.15, 0.2) is 24.3 Å². The highest BCUT2D eigenvalue weighted by molar-refractivity contribution is 5.30. The zero-order chi connectivity index (χ0) is 15.2. The van der Waals surface area contributed by atoms with E-state index in [1.165, 1.54) is 24.8 Å². The molecule has 0 heterocycles. The Morgan fingerprint density at radius 1 is 1.14 bits per heavy atom. The second-order valence-electron chi connectivity index (χ2n) is 6.75. The predicted molar refractivity (Wildman–Crippen MR) is 89.7 cm³/mol. The second-order valence-corrected chi connectivity index (χ2v) is 6.75. The van der Waals surface area contributed by atoms with Gasteiger partial charge in [-0.2, -0.15) is 0 Å². The molecule has 0 spiro atoms. The maximum atomic E-state index is 6.28. The van der Waals surface area contributed by atoms with Crippen molar-refractivity contribution < 1.29 is 4.74 Å². The summed E-state index contributed by atoms with van der Waals surface area (Å²) in [6, 6.07) is 9.09. The summed E-state index contributed by atoms with van der Waals surface area (Å²) in [5, 5.41) is 3.54. The number of rotatable bonds is 6. The normalized spacial score (nSPS) is 27.3. The molecule has 1 saturated carbocycles. The molecule has 1 aromatic carbocycles. The fourth-order valence-electron chi connectivity index (χ4n) is 3.71. The van der Waals surface area contributed by atoms with Gasteiger partial charge in [0.05, 0.1) is 6.10 Å². The average molecular weight is 289 g/mol. The molecule has 2 rings (SSSR count). The van der Waals surface area contributed by atoms with Crippen LogP contribution in [0.4, 0.5) is 0 Å². The molecule has 3 unspecified atom stereocenters. The minimum Gasteiger partial charge on any atom is -0.490 e. The van der Waals surface area contributed by atoms with Gasteiger partial charge in [-0.25, -0.2) is 0 Å². The maximum absolute atomic E-state index is 6.28. The molecule has 118 valence electrons. The van der Waals surface area contributed by atoms with E-state index in [1.807, 2.05) is 0 Å². The molecule has 0 amide bonds. The third-order valence-corrected chi connectivity index (χ3v) is 4.56. The summed E-state index contributed by atoms with van der Waals surface area (Å²) in [6.45, 7) is 10.1. The van der Waals surface area contributed by atoms with E-state index < -0.39 is 0 Å². The van der Waals surface area contributed by atoms with E-state index in [9.17, 15) is 0 Å². The minimum absolute atomic E-state index is 0.387. The first-order valence-electron chi connectivity index (χ1n) is 8.62. The Bertz CT molecular complexity index is 421. The molecule has 1 aliphatic rings. The van der Waals surface area contributed by atoms with Crippen LogP contribution < -0.4 is 10.1 Å². The van der Waals surface area contributed by atoms with Crippen LogP contribution in [-0.2, 0) is 0 Å². The Morgan fingerprint density at radius 3 is 2.48 bits per heavy atom. The van der Waals surface area contributed by atoms with Crippen molar-refractivity contribution in [3.8, 4) is 5.75 Å². The molecule has 0 radical (unpaired) electrons. The largest absolute Gasteiger partial charge is 0.490 e. The summed E-state index contributed by atoms with van der Waals surface area (Å²) in [7, 11) is 0. The summed E-state index contributed by atoms with van der Waals surface area (Å²) in [6.07, 6.45) is 5.23. The topological polar surface area (TPSA) is 21.3 Å². The van der Waals surface area contributed by atoms with Gasteiger partial charge in [-0.05, 0) is 61.8 Å². The van der Waals surface area contributed by atoms with Crippen LogP contribution in [0, 0.1) is 11.8 Å². The molecule has 3 atom stereocenters. The van der Waals surface area contributed by atoms with Crippen LogP contribution in [0.3, 0.4) is 0 Å². The molecule has 21 heavy (non-hydrogen) atoms. The van der Waals surface area contributed by atoms with E-state index in [0.717, 1.165) is 30.6 Å². The van der Waals surface area contributed by atoms with E-state index in [4.69, 9.17) is 4.74 Å². The van der Waals surface area contributed by atoms with E-state index in [0.29, 0.717) is 12.1 Å². The highest BCUT2D eigenvalue weighted by Crippen LogP contribution is 2.32. The highest BCUT2D eigenvalue weighted by Gasteiger charge is 2.25. The number of ether oxygens (including phenoxy) is 1. The van der Waals surface area contributed by atoms with E-state index >= 15 is 0 Å². The zero-order valence-electron chi connectivity index (χ0n) is 14.1. The number of benzene rings is 1. The summed E-state index contributed by atoms with van der Waals surface area (Å²) in [5.41, 5.74) is 1.34. The Hall–Kier alpha value is -1.02. The molecule has 0 saturated heterocycles. The monoisotopic (exact) mass is 289 g/mol. The van der Waals surface area contributed by atoms with Gasteiger partial charge in [0.1, 0.15) is 5.75 Å². The lowest BCUT2D eigenvalue weighted by molar-refractivity contribution is 0.101. The lowest BCUT2D eigenvalue weighted by Gasteiger charge is -2.32. The Balaban J connectivity index is 2.03. The predicted octanol–water partition coefficient (Wildman–Crippen LogP) is 4.95. The summed E-state index contributed by atoms with van der Waals surface area (Å²) < 4.78 is 6.28. The van der Waals surface area contributed by atoms with Crippen molar-refractivity contribution in [1.29, 1.82) is 0 Å². The molecule has 2 heteroatoms. The van der Waals surface area contributed by atoms with Crippen molar-refractivity contribution >= 4 is 0 Å². The van der Waals surface area contributed by atoms with Gasteiger partial charge in [-0.3, -0.25) is 0 Å². The number of hydrogen-bond acceptors (Lipinski definition) is 2. The molecular formula is C19H31NO. The Kier molecular flexibility index (Phi) is 6.10. The number of hydrogen-bond donors (Lipinski definition) is 1. The average Bonchev–Trinajstić information content (AvgIpc) is 2.44. The SMILES string of the molecule is CCNC(CC)c1cccc(OC2CC(C)CC(C)C2)c1. The van der Waals surface area contributed by atoms with Gasteiger partial charge in [0, 0.05) is 6.04 Å². The summed E-state index contributed by atoms with van der Waals surface area (Å²) >= 11 is 0. The van der Waals surface area contributed by atoms with Gasteiger partial charge in [0.2, 0.25) is 0 Å². The highest BCUT2D eigenvalue weighted by atomic mass is 16.5.